The van der Waals surface area contributed by atoms with E-state index in [-0.39, 0.29) is 25.6 Å². The van der Waals surface area contributed by atoms with E-state index in [2.05, 4.69) is 15.6 Å². The first-order valence-electron chi connectivity index (χ1n) is 10.7. The van der Waals surface area contributed by atoms with Gasteiger partial charge in [0.25, 0.3) is 5.91 Å². The Morgan fingerprint density at radius 2 is 1.74 bits per heavy atom. The van der Waals surface area contributed by atoms with Crippen molar-refractivity contribution >= 4 is 28.5 Å². The van der Waals surface area contributed by atoms with Gasteiger partial charge >= 0.3 is 0 Å². The van der Waals surface area contributed by atoms with Crippen LogP contribution in [-0.4, -0.2) is 52.0 Å². The summed E-state index contributed by atoms with van der Waals surface area (Å²) in [6, 6.07) is 20.9. The number of carbonyl (C=O) groups excluding carboxylic acids is 2. The van der Waals surface area contributed by atoms with E-state index in [0.29, 0.717) is 16.8 Å². The highest BCUT2D eigenvalue weighted by atomic mass is 19.1. The molecule has 0 saturated heterocycles. The quantitative estimate of drug-likeness (QED) is 0.413. The number of nitrogens with zero attached hydrogens (tertiary/aromatic N) is 4. The topological polar surface area (TPSA) is 89.3 Å². The molecule has 174 valence electrons. The van der Waals surface area contributed by atoms with Gasteiger partial charge in [-0.2, -0.15) is 0 Å². The summed E-state index contributed by atoms with van der Waals surface area (Å²) in [4.78, 5) is 28.4. The van der Waals surface area contributed by atoms with E-state index in [1.54, 1.807) is 24.3 Å². The molecule has 2 amide bonds. The number of carbonyl (C=O) groups is 2. The number of nitrogens with one attached hydrogen (secondary N) is 1. The van der Waals surface area contributed by atoms with E-state index in [4.69, 9.17) is 4.74 Å². The Bertz CT molecular complexity index is 1260. The van der Waals surface area contributed by atoms with Crippen molar-refractivity contribution in [3.05, 3.63) is 90.2 Å². The number of aromatic nitrogens is 3. The molecular formula is C25H24FN5O3. The number of fused-ring (bicyclic) bond motifs is 1. The van der Waals surface area contributed by atoms with Gasteiger partial charge in [0.2, 0.25) is 5.91 Å². The molecule has 0 bridgehead atoms. The third-order valence-corrected chi connectivity index (χ3v) is 5.35. The van der Waals surface area contributed by atoms with E-state index in [1.807, 2.05) is 30.3 Å². The zero-order valence-electron chi connectivity index (χ0n) is 18.6. The minimum atomic E-state index is -0.941. The van der Waals surface area contributed by atoms with E-state index < -0.39 is 17.8 Å². The van der Waals surface area contributed by atoms with Crippen molar-refractivity contribution in [3.8, 4) is 0 Å². The number of benzene rings is 3. The number of rotatable bonds is 9. The molecule has 0 saturated carbocycles. The van der Waals surface area contributed by atoms with E-state index >= 15 is 0 Å². The second kappa shape index (κ2) is 10.7. The van der Waals surface area contributed by atoms with Gasteiger partial charge in [-0.25, -0.2) is 9.07 Å². The van der Waals surface area contributed by atoms with Crippen molar-refractivity contribution < 1.29 is 18.7 Å². The highest BCUT2D eigenvalue weighted by molar-refractivity contribution is 5.98. The lowest BCUT2D eigenvalue weighted by atomic mass is 10.0. The fourth-order valence-electron chi connectivity index (χ4n) is 3.69. The number of hydrogen-bond acceptors (Lipinski definition) is 5. The van der Waals surface area contributed by atoms with Crippen LogP contribution in [0.25, 0.3) is 11.0 Å². The molecule has 4 rings (SSSR count). The highest BCUT2D eigenvalue weighted by Crippen LogP contribution is 2.24. The van der Waals surface area contributed by atoms with Crippen LogP contribution in [0.5, 0.6) is 0 Å². The summed E-state index contributed by atoms with van der Waals surface area (Å²) < 4.78 is 20.1. The van der Waals surface area contributed by atoms with Crippen molar-refractivity contribution in [3.63, 3.8) is 0 Å². The lowest BCUT2D eigenvalue weighted by Crippen LogP contribution is -2.44. The first kappa shape index (κ1) is 23.1. The number of para-hydroxylation sites is 1. The Kier molecular flexibility index (Phi) is 7.24. The predicted molar refractivity (Wildman–Crippen MR) is 125 cm³/mol. The first-order valence-corrected chi connectivity index (χ1v) is 10.7. The van der Waals surface area contributed by atoms with Crippen molar-refractivity contribution in [2.75, 3.05) is 25.6 Å². The minimum absolute atomic E-state index is 0.0998. The van der Waals surface area contributed by atoms with Crippen LogP contribution in [0.3, 0.4) is 0 Å². The second-order valence-corrected chi connectivity index (χ2v) is 7.63. The van der Waals surface area contributed by atoms with Crippen LogP contribution in [0.1, 0.15) is 11.6 Å². The van der Waals surface area contributed by atoms with E-state index in [1.165, 1.54) is 41.0 Å². The second-order valence-electron chi connectivity index (χ2n) is 7.63. The summed E-state index contributed by atoms with van der Waals surface area (Å²) in [5, 5.41) is 11.0. The third-order valence-electron chi connectivity index (χ3n) is 5.35. The molecule has 9 heteroatoms. The molecule has 8 nitrogen and oxygen atoms in total. The molecule has 3 aromatic carbocycles. The Morgan fingerprint density at radius 3 is 2.47 bits per heavy atom. The van der Waals surface area contributed by atoms with Gasteiger partial charge < -0.3 is 15.0 Å². The monoisotopic (exact) mass is 461 g/mol. The zero-order chi connectivity index (χ0) is 23.9. The van der Waals surface area contributed by atoms with Gasteiger partial charge in [-0.3, -0.25) is 9.59 Å². The zero-order valence-corrected chi connectivity index (χ0v) is 18.6. The molecule has 1 aromatic heterocycles. The summed E-state index contributed by atoms with van der Waals surface area (Å²) in [6.07, 6.45) is 0. The fraction of sp³-hybridized carbons (Fsp3) is 0.200. The molecule has 4 aromatic rings. The number of halogens is 1. The molecule has 0 radical (unpaired) electrons. The lowest BCUT2D eigenvalue weighted by Gasteiger charge is -2.31. The van der Waals surface area contributed by atoms with Gasteiger partial charge in [0.05, 0.1) is 12.1 Å². The van der Waals surface area contributed by atoms with Crippen molar-refractivity contribution in [1.29, 1.82) is 0 Å². The molecule has 0 spiro atoms. The standard InChI is InChI=1S/C25H24FN5O3/c1-34-16-15-30(23(32)17-31-22-10-6-5-9-21(22)28-29-31)24(18-7-3-2-4-8-18)25(33)27-20-13-11-19(26)12-14-20/h2-14,24H,15-17H2,1H3,(H,27,33)/t24-/m1/s1. The molecule has 0 aliphatic carbocycles. The van der Waals surface area contributed by atoms with Crippen molar-refractivity contribution in [2.45, 2.75) is 12.6 Å². The average molecular weight is 461 g/mol. The fourth-order valence-corrected chi connectivity index (χ4v) is 3.69. The Labute approximate surface area is 195 Å². The summed E-state index contributed by atoms with van der Waals surface area (Å²) in [5.41, 5.74) is 2.45. The Hall–Kier alpha value is -4.11. The number of ether oxygens (including phenoxy) is 1. The first-order chi connectivity index (χ1) is 16.6. The molecule has 0 unspecified atom stereocenters. The Balaban J connectivity index is 1.66. The van der Waals surface area contributed by atoms with Crippen LogP contribution in [0.2, 0.25) is 0 Å². The van der Waals surface area contributed by atoms with Gasteiger partial charge in [-0.1, -0.05) is 47.7 Å². The van der Waals surface area contributed by atoms with Crippen LogP contribution in [0, 0.1) is 5.82 Å². The number of methoxy groups -OCH3 is 1. The average Bonchev–Trinajstić information content (AvgIpc) is 3.26. The van der Waals surface area contributed by atoms with Crippen molar-refractivity contribution in [2.24, 2.45) is 0 Å². The van der Waals surface area contributed by atoms with Crippen LogP contribution in [0.15, 0.2) is 78.9 Å². The van der Waals surface area contributed by atoms with E-state index in [9.17, 15) is 14.0 Å². The summed E-state index contributed by atoms with van der Waals surface area (Å²) >= 11 is 0. The molecule has 0 aliphatic heterocycles. The summed E-state index contributed by atoms with van der Waals surface area (Å²) in [6.45, 7) is 0.312. The van der Waals surface area contributed by atoms with Crippen LogP contribution >= 0.6 is 0 Å². The maximum absolute atomic E-state index is 13.5. The molecule has 0 fully saturated rings. The summed E-state index contributed by atoms with van der Waals surface area (Å²) in [7, 11) is 1.53. The lowest BCUT2D eigenvalue weighted by molar-refractivity contribution is -0.140. The van der Waals surface area contributed by atoms with Gasteiger partial charge in [0.15, 0.2) is 0 Å². The number of hydrogen-bond donors (Lipinski definition) is 1. The van der Waals surface area contributed by atoms with Gasteiger partial charge in [-0.05, 0) is 42.0 Å². The largest absolute Gasteiger partial charge is 0.383 e. The maximum atomic E-state index is 13.5. The third kappa shape index (κ3) is 5.26. The van der Waals surface area contributed by atoms with Gasteiger partial charge in [-0.15, -0.1) is 5.10 Å². The predicted octanol–water partition coefficient (Wildman–Crippen LogP) is 3.43. The highest BCUT2D eigenvalue weighted by Gasteiger charge is 2.31. The molecule has 1 heterocycles. The van der Waals surface area contributed by atoms with Crippen LogP contribution < -0.4 is 5.32 Å². The van der Waals surface area contributed by atoms with Gasteiger partial charge in [0, 0.05) is 19.3 Å². The number of anilines is 1. The number of amides is 2. The van der Waals surface area contributed by atoms with Gasteiger partial charge in [0.1, 0.15) is 23.9 Å². The maximum Gasteiger partial charge on any atom is 0.251 e. The van der Waals surface area contributed by atoms with Crippen LogP contribution in [-0.2, 0) is 20.9 Å². The molecule has 0 aliphatic rings. The van der Waals surface area contributed by atoms with E-state index in [0.717, 1.165) is 5.52 Å². The van der Waals surface area contributed by atoms with Crippen molar-refractivity contribution in [1.82, 2.24) is 19.9 Å². The Morgan fingerprint density at radius 1 is 1.03 bits per heavy atom. The molecule has 34 heavy (non-hydrogen) atoms. The summed E-state index contributed by atoms with van der Waals surface area (Å²) in [5.74, 6) is -1.16. The van der Waals surface area contributed by atoms with Crippen LogP contribution in [0.4, 0.5) is 10.1 Å². The smallest absolute Gasteiger partial charge is 0.251 e. The SMILES string of the molecule is COCCN(C(=O)Cn1nnc2ccccc21)[C@@H](C(=O)Nc1ccc(F)cc1)c1ccccc1. The normalized spacial score (nSPS) is 11.8. The molecule has 1 N–H and O–H groups in total. The molecular weight excluding hydrogens is 437 g/mol. The minimum Gasteiger partial charge on any atom is -0.383 e. The molecule has 1 atom stereocenters.